The molecule has 4 rings (SSSR count). The van der Waals surface area contributed by atoms with Crippen molar-refractivity contribution in [2.45, 2.75) is 52.2 Å². The van der Waals surface area contributed by atoms with Crippen LogP contribution in [0.15, 0.2) is 48.7 Å². The summed E-state index contributed by atoms with van der Waals surface area (Å²) in [5.74, 6) is 0. The number of nitrogens with zero attached hydrogens (tertiary/aromatic N) is 2. The first-order valence-corrected chi connectivity index (χ1v) is 9.88. The van der Waals surface area contributed by atoms with Gasteiger partial charge in [-0.15, -0.1) is 0 Å². The maximum Gasteiger partial charge on any atom is 0.494 e. The molecule has 1 fully saturated rings. The summed E-state index contributed by atoms with van der Waals surface area (Å²) >= 11 is 0. The average molecular weight is 377 g/mol. The standard InChI is InChI=1S/C22H28BN3O2/c1-20(2)21(3,4)28-23(27-20)16-9-10-18-17(13-16)19(14-25-26-18)24-15-22(5)11-7-6-8-12-22/h6-11,13-14H,12,15H2,1-5H3,(H,24,26)/t22-/m0/s1. The van der Waals surface area contributed by atoms with Crippen molar-refractivity contribution < 1.29 is 9.31 Å². The maximum absolute atomic E-state index is 6.21. The number of aromatic nitrogens is 2. The van der Waals surface area contributed by atoms with Crippen LogP contribution in [0.4, 0.5) is 5.69 Å². The van der Waals surface area contributed by atoms with E-state index in [1.54, 1.807) is 6.20 Å². The molecule has 5 nitrogen and oxygen atoms in total. The van der Waals surface area contributed by atoms with Crippen LogP contribution in [0.5, 0.6) is 0 Å². The second kappa shape index (κ2) is 6.71. The van der Waals surface area contributed by atoms with Gasteiger partial charge in [0.15, 0.2) is 0 Å². The molecule has 1 aliphatic heterocycles. The van der Waals surface area contributed by atoms with Crippen LogP contribution < -0.4 is 10.8 Å². The van der Waals surface area contributed by atoms with Crippen LogP contribution in [-0.2, 0) is 9.31 Å². The molecule has 0 unspecified atom stereocenters. The van der Waals surface area contributed by atoms with E-state index < -0.39 is 0 Å². The lowest BCUT2D eigenvalue weighted by Crippen LogP contribution is -2.41. The second-order valence-corrected chi connectivity index (χ2v) is 9.12. The Hall–Kier alpha value is -2.18. The van der Waals surface area contributed by atoms with E-state index in [1.807, 2.05) is 12.1 Å². The van der Waals surface area contributed by atoms with Crippen molar-refractivity contribution >= 4 is 29.2 Å². The van der Waals surface area contributed by atoms with Gasteiger partial charge in [0.05, 0.1) is 28.6 Å². The number of fused-ring (bicyclic) bond motifs is 1. The molecule has 1 aliphatic carbocycles. The van der Waals surface area contributed by atoms with E-state index in [0.29, 0.717) is 0 Å². The van der Waals surface area contributed by atoms with Gasteiger partial charge in [-0.3, -0.25) is 0 Å². The molecular weight excluding hydrogens is 349 g/mol. The molecule has 0 saturated carbocycles. The van der Waals surface area contributed by atoms with Crippen LogP contribution >= 0.6 is 0 Å². The molecule has 0 amide bonds. The molecule has 6 heteroatoms. The van der Waals surface area contributed by atoms with Crippen LogP contribution in [0, 0.1) is 5.41 Å². The summed E-state index contributed by atoms with van der Waals surface area (Å²) in [4.78, 5) is 0. The molecule has 0 bridgehead atoms. The van der Waals surface area contributed by atoms with Crippen LogP contribution in [-0.4, -0.2) is 35.1 Å². The summed E-state index contributed by atoms with van der Waals surface area (Å²) in [6, 6.07) is 6.10. The predicted octanol–water partition coefficient (Wildman–Crippen LogP) is 3.86. The highest BCUT2D eigenvalue weighted by Crippen LogP contribution is 2.37. The molecule has 2 aromatic rings. The van der Waals surface area contributed by atoms with E-state index in [4.69, 9.17) is 9.31 Å². The van der Waals surface area contributed by atoms with Crippen LogP contribution in [0.3, 0.4) is 0 Å². The van der Waals surface area contributed by atoms with Gasteiger partial charge in [-0.2, -0.15) is 10.2 Å². The predicted molar refractivity (Wildman–Crippen MR) is 115 cm³/mol. The van der Waals surface area contributed by atoms with Gasteiger partial charge in [-0.05, 0) is 45.6 Å². The lowest BCUT2D eigenvalue weighted by Gasteiger charge is -2.32. The van der Waals surface area contributed by atoms with Crippen LogP contribution in [0.25, 0.3) is 10.9 Å². The molecular formula is C22H28BN3O2. The zero-order chi connectivity index (χ0) is 20.0. The molecule has 2 heterocycles. The van der Waals surface area contributed by atoms with Gasteiger partial charge in [0.1, 0.15) is 0 Å². The van der Waals surface area contributed by atoms with Crippen molar-refractivity contribution in [3.8, 4) is 0 Å². The van der Waals surface area contributed by atoms with Gasteiger partial charge in [-0.1, -0.05) is 43.4 Å². The van der Waals surface area contributed by atoms with Crippen molar-refractivity contribution in [2.75, 3.05) is 11.9 Å². The molecule has 2 aliphatic rings. The Kier molecular flexibility index (Phi) is 4.59. The SMILES string of the molecule is CC1(C)OB(c2ccc3nncc(NC[C@@]4(C)C=CC=CC4)c3c2)OC1(C)C. The van der Waals surface area contributed by atoms with Gasteiger partial charge in [-0.25, -0.2) is 0 Å². The smallest absolute Gasteiger partial charge is 0.399 e. The lowest BCUT2D eigenvalue weighted by molar-refractivity contribution is 0.00578. The summed E-state index contributed by atoms with van der Waals surface area (Å²) in [7, 11) is -0.389. The van der Waals surface area contributed by atoms with Crippen molar-refractivity contribution in [3.63, 3.8) is 0 Å². The first kappa shape index (κ1) is 19.2. The van der Waals surface area contributed by atoms with Crippen molar-refractivity contribution in [1.82, 2.24) is 10.2 Å². The summed E-state index contributed by atoms with van der Waals surface area (Å²) < 4.78 is 12.4. The van der Waals surface area contributed by atoms with Crippen LogP contribution in [0.1, 0.15) is 41.0 Å². The highest BCUT2D eigenvalue weighted by molar-refractivity contribution is 6.62. The summed E-state index contributed by atoms with van der Waals surface area (Å²) in [6.07, 6.45) is 11.5. The van der Waals surface area contributed by atoms with Gasteiger partial charge < -0.3 is 14.6 Å². The van der Waals surface area contributed by atoms with Gasteiger partial charge in [0.2, 0.25) is 0 Å². The molecule has 0 spiro atoms. The quantitative estimate of drug-likeness (QED) is 0.820. The Morgan fingerprint density at radius 2 is 1.82 bits per heavy atom. The van der Waals surface area contributed by atoms with Gasteiger partial charge in [0, 0.05) is 17.3 Å². The monoisotopic (exact) mass is 377 g/mol. The highest BCUT2D eigenvalue weighted by atomic mass is 16.7. The summed E-state index contributed by atoms with van der Waals surface area (Å²) in [6.45, 7) is 11.4. The summed E-state index contributed by atoms with van der Waals surface area (Å²) in [5, 5.41) is 13.1. The third-order valence-corrected chi connectivity index (χ3v) is 6.20. The van der Waals surface area contributed by atoms with Crippen LogP contribution in [0.2, 0.25) is 0 Å². The molecule has 1 saturated heterocycles. The van der Waals surface area contributed by atoms with Crippen molar-refractivity contribution in [2.24, 2.45) is 5.41 Å². The van der Waals surface area contributed by atoms with Gasteiger partial charge >= 0.3 is 7.12 Å². The van der Waals surface area contributed by atoms with Gasteiger partial charge in [0.25, 0.3) is 0 Å². The molecule has 0 radical (unpaired) electrons. The Bertz CT molecular complexity index is 938. The lowest BCUT2D eigenvalue weighted by atomic mass is 9.78. The normalized spacial score (nSPS) is 25.4. The molecule has 1 aromatic heterocycles. The second-order valence-electron chi connectivity index (χ2n) is 9.12. The molecule has 1 atom stereocenters. The molecule has 146 valence electrons. The number of nitrogens with one attached hydrogen (secondary N) is 1. The fourth-order valence-corrected chi connectivity index (χ4v) is 3.54. The Morgan fingerprint density at radius 1 is 1.07 bits per heavy atom. The minimum atomic E-state index is -0.389. The first-order valence-electron chi connectivity index (χ1n) is 9.88. The van der Waals surface area contributed by atoms with Crippen molar-refractivity contribution in [3.05, 3.63) is 48.7 Å². The Labute approximate surface area is 167 Å². The average Bonchev–Trinajstić information content (AvgIpc) is 2.87. The van der Waals surface area contributed by atoms with E-state index in [-0.39, 0.29) is 23.7 Å². The number of allylic oxidation sites excluding steroid dienone is 3. The number of anilines is 1. The van der Waals surface area contributed by atoms with E-state index in [2.05, 4.69) is 80.5 Å². The third kappa shape index (κ3) is 3.47. The Balaban J connectivity index is 1.61. The van der Waals surface area contributed by atoms with E-state index in [0.717, 1.165) is 35.0 Å². The Morgan fingerprint density at radius 3 is 2.50 bits per heavy atom. The largest absolute Gasteiger partial charge is 0.494 e. The van der Waals surface area contributed by atoms with Crippen molar-refractivity contribution in [1.29, 1.82) is 0 Å². The molecule has 1 N–H and O–H groups in total. The zero-order valence-corrected chi connectivity index (χ0v) is 17.3. The molecule has 28 heavy (non-hydrogen) atoms. The number of benzene rings is 1. The minimum absolute atomic E-state index is 0.0909. The van der Waals surface area contributed by atoms with E-state index >= 15 is 0 Å². The van der Waals surface area contributed by atoms with E-state index in [1.165, 1.54) is 0 Å². The minimum Gasteiger partial charge on any atom is -0.399 e. The number of rotatable bonds is 4. The zero-order valence-electron chi connectivity index (χ0n) is 17.3. The maximum atomic E-state index is 6.21. The number of hydrogen-bond acceptors (Lipinski definition) is 5. The molecule has 1 aromatic carbocycles. The highest BCUT2D eigenvalue weighted by Gasteiger charge is 2.51. The fraction of sp³-hybridized carbons (Fsp3) is 0.455. The first-order chi connectivity index (χ1) is 13.2. The fourth-order valence-electron chi connectivity index (χ4n) is 3.54. The summed E-state index contributed by atoms with van der Waals surface area (Å²) in [5.41, 5.74) is 2.20. The topological polar surface area (TPSA) is 56.3 Å². The third-order valence-electron chi connectivity index (χ3n) is 6.20. The number of hydrogen-bond donors (Lipinski definition) is 1. The van der Waals surface area contributed by atoms with E-state index in [9.17, 15) is 0 Å².